The number of halogens is 1. The van der Waals surface area contributed by atoms with Crippen LogP contribution >= 0.6 is 15.9 Å². The molecular weight excluding hydrogens is 819 g/mol. The van der Waals surface area contributed by atoms with Crippen molar-refractivity contribution >= 4 is 45.2 Å². The van der Waals surface area contributed by atoms with Gasteiger partial charge in [0.05, 0.1) is 0 Å². The number of benzene rings is 10. The Morgan fingerprint density at radius 1 is 0.355 bits per heavy atom. The highest BCUT2D eigenvalue weighted by Gasteiger charge is 2.19. The van der Waals surface area contributed by atoms with Gasteiger partial charge in [-0.25, -0.2) is 0 Å². The molecule has 0 aromatic heterocycles. The van der Waals surface area contributed by atoms with E-state index in [4.69, 9.17) is 9.68 Å². The van der Waals surface area contributed by atoms with E-state index in [2.05, 4.69) is 192 Å². The zero-order chi connectivity index (χ0) is 41.8. The van der Waals surface area contributed by atoms with E-state index < -0.39 is 0 Å². The van der Waals surface area contributed by atoms with Crippen LogP contribution in [0.2, 0.25) is 0 Å². The molecule has 10 aromatic rings. The van der Waals surface area contributed by atoms with Crippen LogP contribution < -0.4 is 4.65 Å². The summed E-state index contributed by atoms with van der Waals surface area (Å²) in [4.78, 5) is 0. The molecule has 0 saturated carbocycles. The molecule has 2 nitrogen and oxygen atoms in total. The summed E-state index contributed by atoms with van der Waals surface area (Å²) < 4.78 is 6.17. The lowest BCUT2D eigenvalue weighted by Gasteiger charge is -2.10. The van der Waals surface area contributed by atoms with E-state index in [0.29, 0.717) is 13.4 Å². The maximum atomic E-state index is 8.71. The minimum Gasteiger partial charge on any atom is -0.537 e. The highest BCUT2D eigenvalue weighted by atomic mass is 79.9. The summed E-state index contributed by atoms with van der Waals surface area (Å²) in [5.41, 5.74) is 18.6. The largest absolute Gasteiger partial charge is 0.569 e. The Hall–Kier alpha value is -6.98. The van der Waals surface area contributed by atoms with Crippen molar-refractivity contribution in [2.24, 2.45) is 0 Å². The normalized spacial score (nSPS) is 11.6. The van der Waals surface area contributed by atoms with E-state index in [9.17, 15) is 0 Å². The minimum absolute atomic E-state index is 0.618. The molecule has 0 bridgehead atoms. The van der Waals surface area contributed by atoms with Gasteiger partial charge in [0.1, 0.15) is 5.75 Å². The molecule has 0 heterocycles. The van der Waals surface area contributed by atoms with Gasteiger partial charge in [0.15, 0.2) is 0 Å². The van der Waals surface area contributed by atoms with Gasteiger partial charge in [-0.1, -0.05) is 198 Å². The first-order valence-electron chi connectivity index (χ1n) is 21.0. The summed E-state index contributed by atoms with van der Waals surface area (Å²) in [5.74, 6) is 0.618. The Morgan fingerprint density at radius 3 is 1.45 bits per heavy atom. The predicted octanol–water partition coefficient (Wildman–Crippen LogP) is 15.2. The molecule has 0 saturated heterocycles. The van der Waals surface area contributed by atoms with Crippen molar-refractivity contribution in [2.75, 3.05) is 0 Å². The second kappa shape index (κ2) is 17.6. The van der Waals surface area contributed by atoms with E-state index in [0.717, 1.165) is 28.4 Å². The van der Waals surface area contributed by atoms with Crippen LogP contribution in [0.5, 0.6) is 5.75 Å². The third kappa shape index (κ3) is 7.99. The molecule has 2 aliphatic carbocycles. The van der Waals surface area contributed by atoms with Crippen LogP contribution in [0.1, 0.15) is 22.3 Å². The third-order valence-electron chi connectivity index (χ3n) is 12.0. The Morgan fingerprint density at radius 2 is 0.806 bits per heavy atom. The fourth-order valence-electron chi connectivity index (χ4n) is 9.02. The lowest BCUT2D eigenvalue weighted by Crippen LogP contribution is -1.99. The van der Waals surface area contributed by atoms with Crippen LogP contribution in [0.25, 0.3) is 77.2 Å². The van der Waals surface area contributed by atoms with Crippen molar-refractivity contribution in [1.29, 1.82) is 0 Å². The molecule has 62 heavy (non-hydrogen) atoms. The summed E-state index contributed by atoms with van der Waals surface area (Å²) in [6, 6.07) is 77.1. The molecule has 0 amide bonds. The average Bonchev–Trinajstić information content (AvgIpc) is 3.89. The molecule has 0 spiro atoms. The van der Waals surface area contributed by atoms with Crippen LogP contribution in [-0.2, 0) is 12.8 Å². The fraction of sp³-hybridized carbons (Fsp3) is 0.0345. The van der Waals surface area contributed by atoms with Gasteiger partial charge in [0.25, 0.3) is 0 Å². The SMILES string of the molecule is Brc1ccc2c(c1)-c1ccccc1C2.O[B]Oc1cccc(-c2cccc3ccccc23)c1.c1cc(-c2ccc3c(c2)-c2ccccc2C3)cc(-c2cccc3ccccc23)c1. The predicted molar refractivity (Wildman–Crippen MR) is 263 cm³/mol. The van der Waals surface area contributed by atoms with E-state index in [1.165, 1.54) is 88.3 Å². The molecule has 2 aliphatic rings. The molecule has 0 fully saturated rings. The number of fused-ring (bicyclic) bond motifs is 8. The van der Waals surface area contributed by atoms with Crippen LogP contribution in [0.15, 0.2) is 223 Å². The lowest BCUT2D eigenvalue weighted by molar-refractivity contribution is 0.454. The van der Waals surface area contributed by atoms with E-state index >= 15 is 0 Å². The number of hydrogen-bond donors (Lipinski definition) is 1. The summed E-state index contributed by atoms with van der Waals surface area (Å²) in [6.07, 6.45) is 2.13. The summed E-state index contributed by atoms with van der Waals surface area (Å²) in [6.45, 7) is 0. The van der Waals surface area contributed by atoms with Crippen molar-refractivity contribution in [3.05, 3.63) is 245 Å². The van der Waals surface area contributed by atoms with E-state index in [1.54, 1.807) is 6.07 Å². The van der Waals surface area contributed by atoms with E-state index in [1.807, 2.05) is 36.4 Å². The maximum Gasteiger partial charge on any atom is 0.569 e. The molecule has 4 heteroatoms. The van der Waals surface area contributed by atoms with Gasteiger partial charge in [0, 0.05) is 4.47 Å². The quantitative estimate of drug-likeness (QED) is 0.175. The first kappa shape index (κ1) is 39.2. The molecule has 12 rings (SSSR count). The second-order valence-corrected chi connectivity index (χ2v) is 16.6. The fourth-order valence-corrected chi connectivity index (χ4v) is 9.38. The van der Waals surface area contributed by atoms with Gasteiger partial charge < -0.3 is 9.68 Å². The average molecular weight is 861 g/mol. The number of rotatable bonds is 5. The van der Waals surface area contributed by atoms with Crippen LogP contribution in [0, 0.1) is 0 Å². The topological polar surface area (TPSA) is 29.5 Å². The molecule has 0 aliphatic heterocycles. The third-order valence-corrected chi connectivity index (χ3v) is 12.5. The summed E-state index contributed by atoms with van der Waals surface area (Å²) in [5, 5.41) is 13.7. The van der Waals surface area contributed by atoms with E-state index in [-0.39, 0.29) is 0 Å². The van der Waals surface area contributed by atoms with Gasteiger partial charge in [-0.3, -0.25) is 0 Å². The molecule has 1 radical (unpaired) electrons. The molecule has 10 aromatic carbocycles. The van der Waals surface area contributed by atoms with Gasteiger partial charge >= 0.3 is 7.69 Å². The summed E-state index contributed by atoms with van der Waals surface area (Å²) >= 11 is 3.52. The second-order valence-electron chi connectivity index (χ2n) is 15.7. The van der Waals surface area contributed by atoms with Gasteiger partial charge in [0.2, 0.25) is 0 Å². The zero-order valence-electron chi connectivity index (χ0n) is 34.0. The Bertz CT molecular complexity index is 3230. The minimum atomic E-state index is 0.618. The van der Waals surface area contributed by atoms with Crippen molar-refractivity contribution < 1.29 is 9.68 Å². The maximum absolute atomic E-state index is 8.71. The van der Waals surface area contributed by atoms with Crippen molar-refractivity contribution in [3.8, 4) is 61.4 Å². The summed E-state index contributed by atoms with van der Waals surface area (Å²) in [7, 11) is 0.697. The standard InChI is InChI=1S/C29H20.C16H12BO2.C13H9Br/c1-3-12-26-20(7-1)9-6-14-27(26)24-11-5-10-21(17-24)22-15-16-25-18-23-8-2-4-13-28(23)29(25)19-22;18-17-19-14-8-3-7-13(11-14)16-10-4-6-12-5-1-2-9-15(12)16;14-11-6-5-10-7-9-3-1-2-4-12(9)13(10)8-11/h1-17,19H,18H2;1-11,18H;1-6,8H,7H2. The van der Waals surface area contributed by atoms with Gasteiger partial charge in [-0.2, -0.15) is 0 Å². The van der Waals surface area contributed by atoms with Crippen LogP contribution in [-0.4, -0.2) is 12.7 Å². The van der Waals surface area contributed by atoms with Crippen molar-refractivity contribution in [2.45, 2.75) is 12.8 Å². The first-order valence-corrected chi connectivity index (χ1v) is 21.8. The van der Waals surface area contributed by atoms with Crippen molar-refractivity contribution in [1.82, 2.24) is 0 Å². The van der Waals surface area contributed by atoms with Crippen molar-refractivity contribution in [3.63, 3.8) is 0 Å². The first-order chi connectivity index (χ1) is 30.6. The Balaban J connectivity index is 0.000000120. The Kier molecular flexibility index (Phi) is 11.1. The van der Waals surface area contributed by atoms with Crippen LogP contribution in [0.3, 0.4) is 0 Å². The smallest absolute Gasteiger partial charge is 0.537 e. The zero-order valence-corrected chi connectivity index (χ0v) is 35.6. The monoisotopic (exact) mass is 859 g/mol. The van der Waals surface area contributed by atoms with Gasteiger partial charge in [-0.15, -0.1) is 0 Å². The number of hydrogen-bond acceptors (Lipinski definition) is 2. The van der Waals surface area contributed by atoms with Gasteiger partial charge in [-0.05, 0) is 149 Å². The molecular formula is C58H41BBrO2. The Labute approximate surface area is 372 Å². The lowest BCUT2D eigenvalue weighted by atomic mass is 9.94. The highest BCUT2D eigenvalue weighted by molar-refractivity contribution is 9.10. The molecule has 0 atom stereocenters. The molecule has 1 N–H and O–H groups in total. The van der Waals surface area contributed by atoms with Crippen LogP contribution in [0.4, 0.5) is 0 Å². The molecule has 0 unspecified atom stereocenters. The molecule has 295 valence electrons. The highest BCUT2D eigenvalue weighted by Crippen LogP contribution is 2.40.